The highest BCUT2D eigenvalue weighted by Crippen LogP contribution is 1.99. The average Bonchev–Trinajstić information content (AvgIpc) is 1.85. The third-order valence-electron chi connectivity index (χ3n) is 1.37. The summed E-state index contributed by atoms with van der Waals surface area (Å²) in [5.41, 5.74) is 1.31. The van der Waals surface area contributed by atoms with E-state index in [1.54, 1.807) is 7.05 Å². The van der Waals surface area contributed by atoms with Gasteiger partial charge in [-0.1, -0.05) is 18.6 Å². The molecular formula is C8H16NO+. The highest BCUT2D eigenvalue weighted by atomic mass is 16.3. The Labute approximate surface area is 62.5 Å². The maximum Gasteiger partial charge on any atom is 0.195 e. The van der Waals surface area contributed by atoms with E-state index in [0.717, 1.165) is 17.6 Å². The predicted octanol–water partition coefficient (Wildman–Crippen LogP) is 2.14. The minimum atomic E-state index is 0.613. The number of hydrogen-bond donors (Lipinski definition) is 0. The molecular weight excluding hydrogens is 126 g/mol. The molecule has 0 aromatic rings. The fraction of sp³-hybridized carbons (Fsp3) is 0.750. The molecule has 0 fully saturated rings. The van der Waals surface area contributed by atoms with Crippen LogP contribution in [0.3, 0.4) is 0 Å². The monoisotopic (exact) mass is 142 g/mol. The van der Waals surface area contributed by atoms with Crippen molar-refractivity contribution in [2.75, 3.05) is 13.6 Å². The fourth-order valence-electron chi connectivity index (χ4n) is 0.784. The second-order valence-electron chi connectivity index (χ2n) is 2.56. The summed E-state index contributed by atoms with van der Waals surface area (Å²) in [5, 5.41) is 0. The van der Waals surface area contributed by atoms with Crippen molar-refractivity contribution < 1.29 is 4.76 Å². The Morgan fingerprint density at radius 1 is 1.60 bits per heavy atom. The molecule has 0 rings (SSSR count). The summed E-state index contributed by atoms with van der Waals surface area (Å²) < 4.78 is 0.965. The van der Waals surface area contributed by atoms with Gasteiger partial charge in [0.25, 0.3) is 0 Å². The van der Waals surface area contributed by atoms with Crippen LogP contribution in [0.25, 0.3) is 0 Å². The fourth-order valence-corrected chi connectivity index (χ4v) is 0.784. The van der Waals surface area contributed by atoms with E-state index in [1.165, 1.54) is 5.57 Å². The van der Waals surface area contributed by atoms with Gasteiger partial charge in [-0.25, -0.2) is 0 Å². The van der Waals surface area contributed by atoms with Gasteiger partial charge in [-0.05, 0) is 18.1 Å². The predicted molar refractivity (Wildman–Crippen MR) is 43.1 cm³/mol. The molecule has 0 radical (unpaired) electrons. The zero-order valence-corrected chi connectivity index (χ0v) is 7.05. The number of nitroso groups, excluding NO2 is 1. The molecule has 0 saturated heterocycles. The second-order valence-corrected chi connectivity index (χ2v) is 2.56. The van der Waals surface area contributed by atoms with Gasteiger partial charge in [0.1, 0.15) is 0 Å². The summed E-state index contributed by atoms with van der Waals surface area (Å²) in [6, 6.07) is 0. The van der Waals surface area contributed by atoms with Crippen molar-refractivity contribution in [2.45, 2.75) is 26.7 Å². The summed E-state index contributed by atoms with van der Waals surface area (Å²) in [5.74, 6) is 0. The molecule has 0 aromatic heterocycles. The van der Waals surface area contributed by atoms with Gasteiger partial charge in [0.05, 0.1) is 0 Å². The summed E-state index contributed by atoms with van der Waals surface area (Å²) >= 11 is 0. The molecule has 0 aliphatic rings. The summed E-state index contributed by atoms with van der Waals surface area (Å²) in [7, 11) is 1.55. The number of hydrogen-bond acceptors (Lipinski definition) is 1. The SMILES string of the molecule is CCC=C(C)CC[N+](C)=O. The van der Waals surface area contributed by atoms with Crippen molar-refractivity contribution in [1.29, 1.82) is 0 Å². The molecule has 2 heteroatoms. The van der Waals surface area contributed by atoms with Gasteiger partial charge in [0, 0.05) is 11.3 Å². The van der Waals surface area contributed by atoms with Crippen molar-refractivity contribution in [3.8, 4) is 0 Å². The Hall–Kier alpha value is -0.660. The largest absolute Gasteiger partial charge is 0.195 e. The van der Waals surface area contributed by atoms with Gasteiger partial charge in [-0.15, -0.1) is 0 Å². The van der Waals surface area contributed by atoms with E-state index in [9.17, 15) is 4.91 Å². The molecule has 2 nitrogen and oxygen atoms in total. The van der Waals surface area contributed by atoms with Crippen LogP contribution in [0, 0.1) is 4.91 Å². The first-order valence-corrected chi connectivity index (χ1v) is 3.70. The second kappa shape index (κ2) is 5.15. The molecule has 0 unspecified atom stereocenters. The Kier molecular flexibility index (Phi) is 4.81. The van der Waals surface area contributed by atoms with Crippen LogP contribution in [0.15, 0.2) is 11.6 Å². The molecule has 10 heavy (non-hydrogen) atoms. The third-order valence-corrected chi connectivity index (χ3v) is 1.37. The van der Waals surface area contributed by atoms with E-state index < -0.39 is 0 Å². The first-order chi connectivity index (χ1) is 4.66. The minimum absolute atomic E-state index is 0.613. The smallest absolute Gasteiger partial charge is 0.0856 e. The highest BCUT2D eigenvalue weighted by molar-refractivity contribution is 4.96. The van der Waals surface area contributed by atoms with E-state index in [0.29, 0.717) is 6.54 Å². The zero-order chi connectivity index (χ0) is 7.98. The van der Waals surface area contributed by atoms with Gasteiger partial charge in [0.2, 0.25) is 0 Å². The molecule has 58 valence electrons. The van der Waals surface area contributed by atoms with Gasteiger partial charge >= 0.3 is 0 Å². The molecule has 0 amide bonds. The maximum atomic E-state index is 10.4. The van der Waals surface area contributed by atoms with Crippen LogP contribution in [0.1, 0.15) is 26.7 Å². The summed E-state index contributed by atoms with van der Waals surface area (Å²) in [6.45, 7) is 4.78. The van der Waals surface area contributed by atoms with Crippen molar-refractivity contribution >= 4 is 0 Å². The van der Waals surface area contributed by atoms with Crippen LogP contribution >= 0.6 is 0 Å². The zero-order valence-electron chi connectivity index (χ0n) is 7.05. The number of nitrogens with zero attached hydrogens (tertiary/aromatic N) is 1. The standard InChI is InChI=1S/C8H16NO/c1-4-5-8(2)6-7-9(3)10/h5H,4,6-7H2,1-3H3/q+1. The maximum absolute atomic E-state index is 10.4. The molecule has 0 spiro atoms. The van der Waals surface area contributed by atoms with E-state index >= 15 is 0 Å². The van der Waals surface area contributed by atoms with Gasteiger partial charge < -0.3 is 0 Å². The lowest BCUT2D eigenvalue weighted by molar-refractivity contribution is -0.518. The third kappa shape index (κ3) is 5.48. The van der Waals surface area contributed by atoms with Crippen LogP contribution in [0.5, 0.6) is 0 Å². The number of allylic oxidation sites excluding steroid dienone is 1. The molecule has 0 aliphatic carbocycles. The van der Waals surface area contributed by atoms with E-state index in [4.69, 9.17) is 0 Å². The Balaban J connectivity index is 3.48. The van der Waals surface area contributed by atoms with E-state index in [1.807, 2.05) is 0 Å². The molecule has 0 aliphatic heterocycles. The first-order valence-electron chi connectivity index (χ1n) is 3.70. The van der Waals surface area contributed by atoms with Gasteiger partial charge in [0.15, 0.2) is 13.6 Å². The average molecular weight is 142 g/mol. The normalized spacial score (nSPS) is 11.7. The topological polar surface area (TPSA) is 20.1 Å². The molecule has 0 saturated carbocycles. The summed E-state index contributed by atoms with van der Waals surface area (Å²) in [6.07, 6.45) is 4.12. The Morgan fingerprint density at radius 2 is 2.20 bits per heavy atom. The molecule has 0 N–H and O–H groups in total. The Morgan fingerprint density at radius 3 is 2.60 bits per heavy atom. The van der Waals surface area contributed by atoms with Crippen LogP contribution in [0.4, 0.5) is 0 Å². The van der Waals surface area contributed by atoms with Gasteiger partial charge in [-0.2, -0.15) is 0 Å². The summed E-state index contributed by atoms with van der Waals surface area (Å²) in [4.78, 5) is 10.4. The molecule has 0 bridgehead atoms. The van der Waals surface area contributed by atoms with Crippen molar-refractivity contribution in [2.24, 2.45) is 0 Å². The number of rotatable bonds is 4. The van der Waals surface area contributed by atoms with E-state index in [-0.39, 0.29) is 0 Å². The lowest BCUT2D eigenvalue weighted by Gasteiger charge is -1.92. The van der Waals surface area contributed by atoms with Crippen LogP contribution in [-0.4, -0.2) is 18.4 Å². The highest BCUT2D eigenvalue weighted by Gasteiger charge is 1.97. The first kappa shape index (κ1) is 9.34. The quantitative estimate of drug-likeness (QED) is 0.435. The van der Waals surface area contributed by atoms with E-state index in [2.05, 4.69) is 19.9 Å². The van der Waals surface area contributed by atoms with Crippen molar-refractivity contribution in [1.82, 2.24) is 0 Å². The van der Waals surface area contributed by atoms with Crippen molar-refractivity contribution in [3.63, 3.8) is 0 Å². The van der Waals surface area contributed by atoms with Crippen LogP contribution < -0.4 is 0 Å². The molecule has 0 atom stereocenters. The minimum Gasteiger partial charge on any atom is -0.0856 e. The Bertz CT molecular complexity index is 138. The van der Waals surface area contributed by atoms with Gasteiger partial charge in [-0.3, -0.25) is 0 Å². The van der Waals surface area contributed by atoms with Crippen molar-refractivity contribution in [3.05, 3.63) is 16.6 Å². The van der Waals surface area contributed by atoms with Crippen LogP contribution in [-0.2, 0) is 0 Å². The lowest BCUT2D eigenvalue weighted by atomic mass is 10.2. The molecule has 0 heterocycles. The lowest BCUT2D eigenvalue weighted by Crippen LogP contribution is -2.02. The molecule has 0 aromatic carbocycles. The van der Waals surface area contributed by atoms with Crippen LogP contribution in [0.2, 0.25) is 0 Å².